The first-order valence-electron chi connectivity index (χ1n) is 8.18. The lowest BCUT2D eigenvalue weighted by Crippen LogP contribution is -2.33. The normalized spacial score (nSPS) is 14.0. The number of carbonyl (C=O) groups is 1. The molecule has 0 unspecified atom stereocenters. The molecular formula is C17H21F3N4O2S. The third-order valence-corrected chi connectivity index (χ3v) is 5.52. The Balaban J connectivity index is 2.16. The van der Waals surface area contributed by atoms with Gasteiger partial charge >= 0.3 is 6.18 Å². The van der Waals surface area contributed by atoms with Crippen LogP contribution in [0.2, 0.25) is 0 Å². The van der Waals surface area contributed by atoms with Crippen LogP contribution in [0.5, 0.6) is 0 Å². The number of amides is 1. The summed E-state index contributed by atoms with van der Waals surface area (Å²) in [7, 11) is -1.03. The zero-order chi connectivity index (χ0) is 20.4. The fourth-order valence-corrected chi connectivity index (χ4v) is 2.75. The zero-order valence-corrected chi connectivity index (χ0v) is 16.2. The fourth-order valence-electron chi connectivity index (χ4n) is 2.43. The van der Waals surface area contributed by atoms with Crippen LogP contribution in [0.15, 0.2) is 18.3 Å². The summed E-state index contributed by atoms with van der Waals surface area (Å²) in [6, 6.07) is 2.18. The molecule has 27 heavy (non-hydrogen) atoms. The van der Waals surface area contributed by atoms with Crippen LogP contribution in [-0.4, -0.2) is 42.9 Å². The van der Waals surface area contributed by atoms with Gasteiger partial charge in [-0.25, -0.2) is 9.67 Å². The van der Waals surface area contributed by atoms with Crippen molar-refractivity contribution in [2.75, 3.05) is 12.8 Å². The Morgan fingerprint density at radius 2 is 2.00 bits per heavy atom. The molecule has 0 radical (unpaired) electrons. The van der Waals surface area contributed by atoms with E-state index >= 15 is 0 Å². The summed E-state index contributed by atoms with van der Waals surface area (Å²) >= 11 is 0. The minimum absolute atomic E-state index is 0.0708. The third kappa shape index (κ3) is 5.15. The summed E-state index contributed by atoms with van der Waals surface area (Å²) in [5.74, 6) is 0.00342. The highest BCUT2D eigenvalue weighted by atomic mass is 32.2. The van der Waals surface area contributed by atoms with Crippen molar-refractivity contribution in [3.63, 3.8) is 0 Å². The molecule has 0 aliphatic carbocycles. The van der Waals surface area contributed by atoms with Gasteiger partial charge in [-0.3, -0.25) is 9.00 Å². The van der Waals surface area contributed by atoms with Gasteiger partial charge in [-0.2, -0.15) is 18.3 Å². The van der Waals surface area contributed by atoms with Crippen LogP contribution < -0.4 is 5.32 Å². The van der Waals surface area contributed by atoms with Crippen molar-refractivity contribution in [2.24, 2.45) is 0 Å². The minimum atomic E-state index is -4.46. The molecule has 0 aromatic carbocycles. The van der Waals surface area contributed by atoms with Gasteiger partial charge in [0, 0.05) is 46.3 Å². The van der Waals surface area contributed by atoms with Crippen molar-refractivity contribution < 1.29 is 22.2 Å². The number of aromatic nitrogens is 3. The van der Waals surface area contributed by atoms with Crippen LogP contribution in [0.1, 0.15) is 29.4 Å². The van der Waals surface area contributed by atoms with E-state index in [0.717, 1.165) is 12.3 Å². The number of hydrogen-bond donors (Lipinski definition) is 1. The molecule has 0 saturated carbocycles. The Morgan fingerprint density at radius 3 is 2.52 bits per heavy atom. The van der Waals surface area contributed by atoms with E-state index in [0.29, 0.717) is 23.5 Å². The van der Waals surface area contributed by atoms with Crippen LogP contribution >= 0.6 is 0 Å². The molecule has 0 fully saturated rings. The molecule has 148 valence electrons. The van der Waals surface area contributed by atoms with E-state index in [-0.39, 0.29) is 23.4 Å². The Bertz CT molecular complexity index is 847. The maximum Gasteiger partial charge on any atom is 0.417 e. The molecule has 6 nitrogen and oxygen atoms in total. The topological polar surface area (TPSA) is 76.9 Å². The standard InChI is InChI=1S/C17H21F3N4O2S/c1-10(27(4)26)8-22-16(25)7-14-11(2)23-24(12(14)3)15-6-5-13(9-21-15)17(18,19)20/h5-6,9-10H,7-8H2,1-4H3,(H,22,25)/t10-,27-/m1/s1. The first-order valence-corrected chi connectivity index (χ1v) is 9.80. The second-order valence-corrected chi connectivity index (χ2v) is 8.06. The van der Waals surface area contributed by atoms with Crippen molar-refractivity contribution in [1.29, 1.82) is 0 Å². The van der Waals surface area contributed by atoms with E-state index in [1.807, 2.05) is 0 Å². The molecule has 0 saturated heterocycles. The van der Waals surface area contributed by atoms with Gasteiger partial charge in [0.1, 0.15) is 0 Å². The first-order chi connectivity index (χ1) is 12.5. The van der Waals surface area contributed by atoms with Crippen LogP contribution in [0.4, 0.5) is 13.2 Å². The van der Waals surface area contributed by atoms with Crippen LogP contribution in [-0.2, 0) is 28.2 Å². The van der Waals surface area contributed by atoms with Crippen molar-refractivity contribution in [3.05, 3.63) is 40.8 Å². The summed E-state index contributed by atoms with van der Waals surface area (Å²) in [6.07, 6.45) is -2.05. The van der Waals surface area contributed by atoms with Crippen molar-refractivity contribution in [1.82, 2.24) is 20.1 Å². The number of carbonyl (C=O) groups excluding carboxylic acids is 1. The molecular weight excluding hydrogens is 381 g/mol. The van der Waals surface area contributed by atoms with Crippen LogP contribution in [0.25, 0.3) is 5.82 Å². The minimum Gasteiger partial charge on any atom is -0.355 e. The summed E-state index contributed by atoms with van der Waals surface area (Å²) < 4.78 is 50.8. The third-order valence-electron chi connectivity index (χ3n) is 4.22. The highest BCUT2D eigenvalue weighted by molar-refractivity contribution is 7.84. The number of alkyl halides is 3. The number of hydrogen-bond acceptors (Lipinski definition) is 4. The Kier molecular flexibility index (Phi) is 6.40. The quantitative estimate of drug-likeness (QED) is 0.805. The molecule has 2 atom stereocenters. The predicted octanol–water partition coefficient (Wildman–Crippen LogP) is 2.33. The fraction of sp³-hybridized carbons (Fsp3) is 0.471. The molecule has 2 aromatic rings. The number of aryl methyl sites for hydroxylation is 1. The lowest BCUT2D eigenvalue weighted by atomic mass is 10.1. The number of nitrogens with zero attached hydrogens (tertiary/aromatic N) is 3. The van der Waals surface area contributed by atoms with E-state index in [1.54, 1.807) is 27.0 Å². The largest absolute Gasteiger partial charge is 0.417 e. The van der Waals surface area contributed by atoms with E-state index in [2.05, 4.69) is 15.4 Å². The Morgan fingerprint density at radius 1 is 1.33 bits per heavy atom. The van der Waals surface area contributed by atoms with E-state index < -0.39 is 22.5 Å². The molecule has 0 spiro atoms. The molecule has 2 heterocycles. The number of halogens is 3. The van der Waals surface area contributed by atoms with Crippen LogP contribution in [0, 0.1) is 13.8 Å². The van der Waals surface area contributed by atoms with Crippen LogP contribution in [0.3, 0.4) is 0 Å². The summed E-state index contributed by atoms with van der Waals surface area (Å²) in [6.45, 7) is 5.53. The second-order valence-electron chi connectivity index (χ2n) is 6.25. The van der Waals surface area contributed by atoms with E-state index in [9.17, 15) is 22.2 Å². The highest BCUT2D eigenvalue weighted by Crippen LogP contribution is 2.29. The second kappa shape index (κ2) is 8.20. The van der Waals surface area contributed by atoms with Crippen molar-refractivity contribution >= 4 is 16.7 Å². The van der Waals surface area contributed by atoms with Gasteiger partial charge < -0.3 is 5.32 Å². The maximum absolute atomic E-state index is 12.7. The smallest absolute Gasteiger partial charge is 0.355 e. The molecule has 2 aromatic heterocycles. The van der Waals surface area contributed by atoms with Gasteiger partial charge in [-0.1, -0.05) is 0 Å². The lowest BCUT2D eigenvalue weighted by molar-refractivity contribution is -0.137. The molecule has 0 bridgehead atoms. The average Bonchev–Trinajstić information content (AvgIpc) is 2.87. The van der Waals surface area contributed by atoms with E-state index in [1.165, 1.54) is 10.7 Å². The lowest BCUT2D eigenvalue weighted by Gasteiger charge is -2.10. The highest BCUT2D eigenvalue weighted by Gasteiger charge is 2.30. The summed E-state index contributed by atoms with van der Waals surface area (Å²) in [4.78, 5) is 16.0. The molecule has 0 aliphatic rings. The zero-order valence-electron chi connectivity index (χ0n) is 15.4. The number of pyridine rings is 1. The van der Waals surface area contributed by atoms with Crippen molar-refractivity contribution in [3.8, 4) is 5.82 Å². The summed E-state index contributed by atoms with van der Waals surface area (Å²) in [5, 5.41) is 6.87. The molecule has 2 rings (SSSR count). The average molecular weight is 402 g/mol. The van der Waals surface area contributed by atoms with Gasteiger partial charge in [0.2, 0.25) is 5.91 Å². The number of nitrogens with one attached hydrogen (secondary N) is 1. The molecule has 1 amide bonds. The monoisotopic (exact) mass is 402 g/mol. The van der Waals surface area contributed by atoms with Gasteiger partial charge in [0.15, 0.2) is 5.82 Å². The number of rotatable bonds is 6. The summed E-state index contributed by atoms with van der Waals surface area (Å²) in [5.41, 5.74) is 1.06. The Labute approximate surface area is 157 Å². The van der Waals surface area contributed by atoms with E-state index in [4.69, 9.17) is 0 Å². The SMILES string of the molecule is Cc1nn(-c2ccc(C(F)(F)F)cn2)c(C)c1CC(=O)NC[C@@H](C)[S@@](C)=O. The molecule has 1 N–H and O–H groups in total. The van der Waals surface area contributed by atoms with Gasteiger partial charge in [0.05, 0.1) is 17.7 Å². The maximum atomic E-state index is 12.7. The van der Waals surface area contributed by atoms with Gasteiger partial charge in [-0.05, 0) is 32.9 Å². The molecule has 0 aliphatic heterocycles. The Hall–Kier alpha value is -2.23. The first kappa shape index (κ1) is 21.1. The predicted molar refractivity (Wildman–Crippen MR) is 96.1 cm³/mol. The molecule has 10 heteroatoms. The van der Waals surface area contributed by atoms with Gasteiger partial charge in [0.25, 0.3) is 0 Å². The van der Waals surface area contributed by atoms with Gasteiger partial charge in [-0.15, -0.1) is 0 Å². The van der Waals surface area contributed by atoms with Crippen molar-refractivity contribution in [2.45, 2.75) is 38.6 Å².